The highest BCUT2D eigenvalue weighted by molar-refractivity contribution is 7.99. The number of fused-ring (bicyclic) bond motifs is 3. The largest absolute Gasteiger partial charge is 0.396 e. The second-order valence-corrected chi connectivity index (χ2v) is 8.20. The summed E-state index contributed by atoms with van der Waals surface area (Å²) in [6.07, 6.45) is 5.63. The van der Waals surface area contributed by atoms with Gasteiger partial charge in [0.15, 0.2) is 5.16 Å². The van der Waals surface area contributed by atoms with Gasteiger partial charge in [0.05, 0.1) is 5.39 Å². The van der Waals surface area contributed by atoms with Crippen molar-refractivity contribution in [3.63, 3.8) is 0 Å². The van der Waals surface area contributed by atoms with Gasteiger partial charge in [-0.3, -0.25) is 9.36 Å². The predicted molar refractivity (Wildman–Crippen MR) is 97.7 cm³/mol. The molecule has 1 N–H and O–H groups in total. The van der Waals surface area contributed by atoms with Crippen molar-refractivity contribution in [3.8, 4) is 0 Å². The van der Waals surface area contributed by atoms with Crippen molar-refractivity contribution in [2.24, 2.45) is 5.92 Å². The number of hydrogen-bond acceptors (Lipinski definition) is 5. The number of aryl methyl sites for hydroxylation is 1. The average Bonchev–Trinajstić information content (AvgIpc) is 2.88. The zero-order chi connectivity index (χ0) is 16.4. The molecule has 1 aliphatic carbocycles. The molecule has 4 nitrogen and oxygen atoms in total. The molecule has 0 saturated carbocycles. The first-order valence-corrected chi connectivity index (χ1v) is 9.85. The number of aliphatic hydroxyl groups excluding tert-OH is 1. The highest BCUT2D eigenvalue weighted by atomic mass is 32.2. The molecular formula is C17H22N2O2S2. The van der Waals surface area contributed by atoms with Crippen molar-refractivity contribution in [1.29, 1.82) is 0 Å². The molecule has 0 amide bonds. The number of allylic oxidation sites excluding steroid dienone is 1. The van der Waals surface area contributed by atoms with E-state index in [2.05, 4.69) is 13.5 Å². The summed E-state index contributed by atoms with van der Waals surface area (Å²) in [6.45, 7) is 6.67. The fraction of sp³-hybridized carbons (Fsp3) is 0.529. The Hall–Kier alpha value is -1.11. The summed E-state index contributed by atoms with van der Waals surface area (Å²) < 4.78 is 1.72. The minimum atomic E-state index is 0.0634. The van der Waals surface area contributed by atoms with E-state index >= 15 is 0 Å². The Morgan fingerprint density at radius 3 is 3.13 bits per heavy atom. The number of hydrogen-bond donors (Lipinski definition) is 1. The highest BCUT2D eigenvalue weighted by Crippen LogP contribution is 2.36. The van der Waals surface area contributed by atoms with Crippen LogP contribution in [0.3, 0.4) is 0 Å². The van der Waals surface area contributed by atoms with E-state index in [1.54, 1.807) is 22.0 Å². The van der Waals surface area contributed by atoms with Gasteiger partial charge < -0.3 is 5.11 Å². The summed E-state index contributed by atoms with van der Waals surface area (Å²) in [6, 6.07) is 0. The van der Waals surface area contributed by atoms with E-state index in [1.807, 2.05) is 0 Å². The van der Waals surface area contributed by atoms with E-state index in [0.717, 1.165) is 40.4 Å². The van der Waals surface area contributed by atoms with Crippen LogP contribution >= 0.6 is 23.1 Å². The lowest BCUT2D eigenvalue weighted by molar-refractivity contribution is 0.296. The fourth-order valence-electron chi connectivity index (χ4n) is 3.03. The molecule has 2 aromatic heterocycles. The van der Waals surface area contributed by atoms with Crippen LogP contribution in [0, 0.1) is 5.92 Å². The molecule has 2 aromatic rings. The first-order chi connectivity index (χ1) is 11.2. The molecule has 0 spiro atoms. The Kier molecular flexibility index (Phi) is 5.24. The van der Waals surface area contributed by atoms with Gasteiger partial charge in [-0.2, -0.15) is 0 Å². The molecule has 2 heterocycles. The Balaban J connectivity index is 2.11. The van der Waals surface area contributed by atoms with Crippen molar-refractivity contribution in [3.05, 3.63) is 33.4 Å². The summed E-state index contributed by atoms with van der Waals surface area (Å²) in [4.78, 5) is 20.0. The van der Waals surface area contributed by atoms with Crippen LogP contribution in [-0.4, -0.2) is 27.0 Å². The molecule has 0 radical (unpaired) electrons. The van der Waals surface area contributed by atoms with Gasteiger partial charge in [-0.1, -0.05) is 24.8 Å². The number of thioether (sulfide) groups is 1. The Morgan fingerprint density at radius 2 is 2.39 bits per heavy atom. The molecule has 3 rings (SSSR count). The third-order valence-electron chi connectivity index (χ3n) is 4.23. The van der Waals surface area contributed by atoms with Crippen LogP contribution < -0.4 is 5.56 Å². The fourth-order valence-corrected chi connectivity index (χ4v) is 5.39. The van der Waals surface area contributed by atoms with Gasteiger partial charge in [-0.25, -0.2) is 4.98 Å². The van der Waals surface area contributed by atoms with Crippen LogP contribution in [0.1, 0.15) is 30.2 Å². The van der Waals surface area contributed by atoms with Crippen molar-refractivity contribution in [1.82, 2.24) is 9.55 Å². The minimum Gasteiger partial charge on any atom is -0.396 e. The smallest absolute Gasteiger partial charge is 0.263 e. The summed E-state index contributed by atoms with van der Waals surface area (Å²) >= 11 is 3.22. The van der Waals surface area contributed by atoms with Gasteiger partial charge in [-0.05, 0) is 37.2 Å². The number of nitrogens with zero attached hydrogens (tertiary/aromatic N) is 2. The summed E-state index contributed by atoms with van der Waals surface area (Å²) in [5.74, 6) is 1.44. The molecule has 0 aliphatic heterocycles. The topological polar surface area (TPSA) is 55.1 Å². The maximum absolute atomic E-state index is 13.0. The number of aliphatic hydroxyl groups is 1. The standard InChI is InChI=1S/C17H22N2O2S2/c1-3-7-19-16(21)14-12-6-5-11(2)10-13(12)23-15(14)18-17(19)22-9-4-8-20/h3,11,20H,1,4-10H2,2H3. The van der Waals surface area contributed by atoms with E-state index in [1.165, 1.54) is 22.2 Å². The zero-order valence-corrected chi connectivity index (χ0v) is 15.0. The van der Waals surface area contributed by atoms with E-state index in [9.17, 15) is 4.79 Å². The SMILES string of the molecule is C=CCn1c(SCCCO)nc2sc3c(c2c1=O)CCC(C)C3. The monoisotopic (exact) mass is 350 g/mol. The normalized spacial score (nSPS) is 17.4. The van der Waals surface area contributed by atoms with E-state index < -0.39 is 0 Å². The predicted octanol–water partition coefficient (Wildman–Crippen LogP) is 3.24. The molecule has 0 bridgehead atoms. The minimum absolute atomic E-state index is 0.0634. The lowest BCUT2D eigenvalue weighted by Crippen LogP contribution is -2.23. The summed E-state index contributed by atoms with van der Waals surface area (Å²) in [7, 11) is 0. The van der Waals surface area contributed by atoms with E-state index in [0.29, 0.717) is 18.9 Å². The van der Waals surface area contributed by atoms with Crippen molar-refractivity contribution in [2.45, 2.75) is 44.3 Å². The molecule has 1 unspecified atom stereocenters. The number of aromatic nitrogens is 2. The second kappa shape index (κ2) is 7.20. The third kappa shape index (κ3) is 3.25. The van der Waals surface area contributed by atoms with Gasteiger partial charge in [0.2, 0.25) is 0 Å². The van der Waals surface area contributed by atoms with Gasteiger partial charge in [0.1, 0.15) is 4.83 Å². The third-order valence-corrected chi connectivity index (χ3v) is 6.44. The maximum Gasteiger partial charge on any atom is 0.263 e. The maximum atomic E-state index is 13.0. The molecule has 1 atom stereocenters. The molecule has 0 saturated heterocycles. The van der Waals surface area contributed by atoms with Crippen LogP contribution in [0.4, 0.5) is 0 Å². The Bertz CT molecular complexity index is 779. The van der Waals surface area contributed by atoms with Crippen molar-refractivity contribution >= 4 is 33.3 Å². The molecule has 1 aliphatic rings. The Morgan fingerprint density at radius 1 is 1.57 bits per heavy atom. The molecule has 0 aromatic carbocycles. The van der Waals surface area contributed by atoms with Crippen LogP contribution in [0.5, 0.6) is 0 Å². The molecular weight excluding hydrogens is 328 g/mol. The number of thiophene rings is 1. The molecule has 0 fully saturated rings. The molecule has 124 valence electrons. The summed E-state index contributed by atoms with van der Waals surface area (Å²) in [5.41, 5.74) is 1.29. The zero-order valence-electron chi connectivity index (χ0n) is 13.4. The van der Waals surface area contributed by atoms with Crippen molar-refractivity contribution in [2.75, 3.05) is 12.4 Å². The summed E-state index contributed by atoms with van der Waals surface area (Å²) in [5, 5.41) is 10.5. The lowest BCUT2D eigenvalue weighted by Gasteiger charge is -2.17. The van der Waals surface area contributed by atoms with Gasteiger partial charge in [0, 0.05) is 23.8 Å². The molecule has 23 heavy (non-hydrogen) atoms. The van der Waals surface area contributed by atoms with Gasteiger partial charge in [0.25, 0.3) is 5.56 Å². The first kappa shape index (κ1) is 16.7. The van der Waals surface area contributed by atoms with Crippen molar-refractivity contribution < 1.29 is 5.11 Å². The van der Waals surface area contributed by atoms with E-state index in [4.69, 9.17) is 10.1 Å². The average molecular weight is 351 g/mol. The first-order valence-electron chi connectivity index (χ1n) is 8.05. The van der Waals surface area contributed by atoms with Crippen LogP contribution in [0.2, 0.25) is 0 Å². The van der Waals surface area contributed by atoms with Crippen LogP contribution in [0.15, 0.2) is 22.6 Å². The van der Waals surface area contributed by atoms with Gasteiger partial charge in [-0.15, -0.1) is 17.9 Å². The van der Waals surface area contributed by atoms with Gasteiger partial charge >= 0.3 is 0 Å². The number of rotatable bonds is 6. The van der Waals surface area contributed by atoms with E-state index in [-0.39, 0.29) is 12.2 Å². The van der Waals surface area contributed by atoms with Crippen LogP contribution in [0.25, 0.3) is 10.2 Å². The second-order valence-electron chi connectivity index (χ2n) is 6.06. The quantitative estimate of drug-likeness (QED) is 0.376. The molecule has 6 heteroatoms. The Labute approximate surface area is 144 Å². The van der Waals surface area contributed by atoms with Crippen LogP contribution in [-0.2, 0) is 19.4 Å². The lowest BCUT2D eigenvalue weighted by atomic mass is 9.89. The highest BCUT2D eigenvalue weighted by Gasteiger charge is 2.24.